The van der Waals surface area contributed by atoms with E-state index in [1.165, 1.54) is 0 Å². The van der Waals surface area contributed by atoms with E-state index in [0.717, 1.165) is 5.56 Å². The molecular formula is C30H37N5O5. The minimum atomic E-state index is -0.475. The number of aliphatic hydroxyl groups excluding tert-OH is 1. The van der Waals surface area contributed by atoms with Crippen LogP contribution in [0.3, 0.4) is 0 Å². The van der Waals surface area contributed by atoms with E-state index in [0.29, 0.717) is 48.1 Å². The Hall–Kier alpha value is -4.15. The summed E-state index contributed by atoms with van der Waals surface area (Å²) in [5.74, 6) is 0.665. The number of rotatable bonds is 9. The number of fused-ring (bicyclic) bond motifs is 1. The molecule has 4 rings (SSSR count). The predicted octanol–water partition coefficient (Wildman–Crippen LogP) is 4.09. The molecular weight excluding hydrogens is 510 g/mol. The van der Waals surface area contributed by atoms with Gasteiger partial charge < -0.3 is 30.1 Å². The minimum absolute atomic E-state index is 0.0628. The Kier molecular flexibility index (Phi) is 9.57. The highest BCUT2D eigenvalue weighted by atomic mass is 16.5. The molecule has 0 radical (unpaired) electrons. The number of anilines is 2. The Labute approximate surface area is 234 Å². The van der Waals surface area contributed by atoms with Gasteiger partial charge in [-0.15, -0.1) is 0 Å². The number of carbonyl (C=O) groups is 2. The van der Waals surface area contributed by atoms with Crippen LogP contribution < -0.4 is 20.1 Å². The number of benzene rings is 2. The molecule has 1 aliphatic rings. The molecule has 3 aromatic rings. The van der Waals surface area contributed by atoms with Crippen LogP contribution in [-0.4, -0.2) is 77.8 Å². The van der Waals surface area contributed by atoms with Crippen LogP contribution >= 0.6 is 0 Å². The van der Waals surface area contributed by atoms with Crippen molar-refractivity contribution < 1.29 is 24.2 Å². The van der Waals surface area contributed by atoms with Gasteiger partial charge in [-0.1, -0.05) is 13.0 Å². The van der Waals surface area contributed by atoms with Crippen molar-refractivity contribution in [2.45, 2.75) is 32.5 Å². The molecule has 1 aromatic heterocycles. The van der Waals surface area contributed by atoms with Gasteiger partial charge in [-0.2, -0.15) is 0 Å². The Morgan fingerprint density at radius 3 is 2.58 bits per heavy atom. The molecule has 2 aromatic carbocycles. The molecule has 10 heteroatoms. The summed E-state index contributed by atoms with van der Waals surface area (Å²) in [7, 11) is 3.59. The second-order valence-corrected chi connectivity index (χ2v) is 10.2. The zero-order valence-corrected chi connectivity index (χ0v) is 23.3. The maximum Gasteiger partial charge on any atom is 0.323 e. The number of para-hydroxylation sites is 1. The van der Waals surface area contributed by atoms with Crippen molar-refractivity contribution in [3.8, 4) is 11.5 Å². The van der Waals surface area contributed by atoms with E-state index in [2.05, 4.69) is 20.5 Å². The van der Waals surface area contributed by atoms with E-state index < -0.39 is 6.03 Å². The molecule has 212 valence electrons. The van der Waals surface area contributed by atoms with Crippen LogP contribution in [0, 0.1) is 5.92 Å². The quantitative estimate of drug-likeness (QED) is 0.370. The maximum atomic E-state index is 13.7. The number of nitrogens with one attached hydrogen (secondary N) is 2. The van der Waals surface area contributed by atoms with Gasteiger partial charge in [-0.05, 0) is 68.1 Å². The zero-order chi connectivity index (χ0) is 28.6. The Morgan fingerprint density at radius 2 is 1.90 bits per heavy atom. The van der Waals surface area contributed by atoms with Crippen molar-refractivity contribution in [2.24, 2.45) is 5.92 Å². The fraction of sp³-hybridized carbons (Fsp3) is 0.367. The number of likely N-dealkylation sites (N-methyl/N-ethyl adjacent to an activating group) is 1. The predicted molar refractivity (Wildman–Crippen MR) is 154 cm³/mol. The van der Waals surface area contributed by atoms with E-state index in [1.807, 2.05) is 33.0 Å². The maximum absolute atomic E-state index is 13.7. The number of ether oxygens (including phenoxy) is 2. The molecule has 3 atom stereocenters. The van der Waals surface area contributed by atoms with Crippen LogP contribution in [0.1, 0.15) is 29.8 Å². The third-order valence-corrected chi connectivity index (χ3v) is 6.98. The van der Waals surface area contributed by atoms with Gasteiger partial charge in [0.05, 0.1) is 31.0 Å². The standard InChI is InChI=1S/C30H37N5O5/c1-20-16-35(21(2)19-36)29(37)25-6-5-7-26(33-30(38)32-23-8-10-24(39-4)11-9-23)28(25)40-27(20)18-34(3)17-22-12-14-31-15-13-22/h5-15,20-21,27,36H,16-19H2,1-4H3,(H2,32,33,38)/t20-,21+,27+/m0/s1. The summed E-state index contributed by atoms with van der Waals surface area (Å²) in [6, 6.07) is 15.2. The van der Waals surface area contributed by atoms with Crippen molar-refractivity contribution in [1.82, 2.24) is 14.8 Å². The first-order valence-corrected chi connectivity index (χ1v) is 13.3. The molecule has 0 aliphatic carbocycles. The number of carbonyl (C=O) groups excluding carboxylic acids is 2. The van der Waals surface area contributed by atoms with Crippen LogP contribution in [0.2, 0.25) is 0 Å². The van der Waals surface area contributed by atoms with Gasteiger partial charge in [-0.25, -0.2) is 4.79 Å². The number of hydrogen-bond donors (Lipinski definition) is 3. The molecule has 0 fully saturated rings. The number of hydrogen-bond acceptors (Lipinski definition) is 7. The molecule has 1 aliphatic heterocycles. The van der Waals surface area contributed by atoms with Crippen LogP contribution in [0.5, 0.6) is 11.5 Å². The fourth-order valence-electron chi connectivity index (χ4n) is 4.69. The summed E-state index contributed by atoms with van der Waals surface area (Å²) in [6.07, 6.45) is 3.23. The van der Waals surface area contributed by atoms with Gasteiger partial charge in [0.15, 0.2) is 5.75 Å². The Balaban J connectivity index is 1.61. The molecule has 10 nitrogen and oxygen atoms in total. The number of aliphatic hydroxyl groups is 1. The van der Waals surface area contributed by atoms with E-state index >= 15 is 0 Å². The Bertz CT molecular complexity index is 1290. The summed E-state index contributed by atoms with van der Waals surface area (Å²) >= 11 is 0. The van der Waals surface area contributed by atoms with Crippen molar-refractivity contribution >= 4 is 23.3 Å². The molecule has 0 unspecified atom stereocenters. The summed E-state index contributed by atoms with van der Waals surface area (Å²) in [4.78, 5) is 34.6. The highest BCUT2D eigenvalue weighted by molar-refractivity contribution is 6.04. The van der Waals surface area contributed by atoms with E-state index in [4.69, 9.17) is 9.47 Å². The first-order chi connectivity index (χ1) is 19.3. The SMILES string of the molecule is COc1ccc(NC(=O)Nc2cccc3c2O[C@H](CN(C)Cc2ccncc2)[C@@H](C)CN([C@H](C)CO)C3=O)cc1. The second-order valence-electron chi connectivity index (χ2n) is 10.2. The average Bonchev–Trinajstić information content (AvgIpc) is 2.95. The molecule has 40 heavy (non-hydrogen) atoms. The second kappa shape index (κ2) is 13.3. The van der Waals surface area contributed by atoms with Gasteiger partial charge in [0.1, 0.15) is 11.9 Å². The van der Waals surface area contributed by atoms with Crippen LogP contribution in [-0.2, 0) is 6.54 Å². The molecule has 0 spiro atoms. The van der Waals surface area contributed by atoms with Gasteiger partial charge in [0.25, 0.3) is 5.91 Å². The minimum Gasteiger partial charge on any atom is -0.497 e. The number of urea groups is 1. The molecule has 2 heterocycles. The lowest BCUT2D eigenvalue weighted by atomic mass is 9.99. The monoisotopic (exact) mass is 547 g/mol. The summed E-state index contributed by atoms with van der Waals surface area (Å²) in [6.45, 7) is 5.38. The van der Waals surface area contributed by atoms with Crippen LogP contribution in [0.25, 0.3) is 0 Å². The number of nitrogens with zero attached hydrogens (tertiary/aromatic N) is 3. The summed E-state index contributed by atoms with van der Waals surface area (Å²) < 4.78 is 11.8. The van der Waals surface area contributed by atoms with Gasteiger partial charge in [0.2, 0.25) is 0 Å². The number of amides is 3. The average molecular weight is 548 g/mol. The summed E-state index contributed by atoms with van der Waals surface area (Å²) in [5, 5.41) is 15.6. The van der Waals surface area contributed by atoms with E-state index in [-0.39, 0.29) is 30.6 Å². The zero-order valence-electron chi connectivity index (χ0n) is 23.3. The van der Waals surface area contributed by atoms with Gasteiger partial charge in [-0.3, -0.25) is 14.7 Å². The largest absolute Gasteiger partial charge is 0.497 e. The molecule has 3 N–H and O–H groups in total. The smallest absolute Gasteiger partial charge is 0.323 e. The normalized spacial score (nSPS) is 17.8. The lowest BCUT2D eigenvalue weighted by molar-refractivity contribution is 0.0343. The van der Waals surface area contributed by atoms with Gasteiger partial charge in [0, 0.05) is 43.6 Å². The highest BCUT2D eigenvalue weighted by Crippen LogP contribution is 2.35. The van der Waals surface area contributed by atoms with Gasteiger partial charge >= 0.3 is 6.03 Å². The van der Waals surface area contributed by atoms with E-state index in [1.54, 1.807) is 66.9 Å². The molecule has 3 amide bonds. The lowest BCUT2D eigenvalue weighted by Crippen LogP contribution is -2.49. The van der Waals surface area contributed by atoms with Crippen molar-refractivity contribution in [2.75, 3.05) is 44.5 Å². The first kappa shape index (κ1) is 28.8. The molecule has 0 bridgehead atoms. The van der Waals surface area contributed by atoms with Crippen LogP contribution in [0.4, 0.5) is 16.2 Å². The summed E-state index contributed by atoms with van der Waals surface area (Å²) in [5.41, 5.74) is 2.42. The number of aromatic nitrogens is 1. The van der Waals surface area contributed by atoms with Crippen molar-refractivity contribution in [3.05, 3.63) is 78.1 Å². The number of methoxy groups -OCH3 is 1. The molecule has 0 saturated heterocycles. The van der Waals surface area contributed by atoms with E-state index in [9.17, 15) is 14.7 Å². The van der Waals surface area contributed by atoms with Crippen molar-refractivity contribution in [3.63, 3.8) is 0 Å². The fourth-order valence-corrected chi connectivity index (χ4v) is 4.69. The van der Waals surface area contributed by atoms with Crippen molar-refractivity contribution in [1.29, 1.82) is 0 Å². The lowest BCUT2D eigenvalue weighted by Gasteiger charge is -2.38. The first-order valence-electron chi connectivity index (χ1n) is 13.3. The Morgan fingerprint density at radius 1 is 1.18 bits per heavy atom. The van der Waals surface area contributed by atoms with Crippen LogP contribution in [0.15, 0.2) is 67.0 Å². The topological polar surface area (TPSA) is 116 Å². The third kappa shape index (κ3) is 7.08. The number of pyridine rings is 1. The molecule has 0 saturated carbocycles. The highest BCUT2D eigenvalue weighted by Gasteiger charge is 2.34. The third-order valence-electron chi connectivity index (χ3n) is 6.98.